The van der Waals surface area contributed by atoms with Gasteiger partial charge in [-0.25, -0.2) is 4.39 Å². The zero-order valence-electron chi connectivity index (χ0n) is 12.1. The molecule has 1 fully saturated rings. The van der Waals surface area contributed by atoms with E-state index in [1.165, 1.54) is 31.7 Å². The summed E-state index contributed by atoms with van der Waals surface area (Å²) in [6.07, 6.45) is 4.93. The average Bonchev–Trinajstić information content (AvgIpc) is 2.42. The van der Waals surface area contributed by atoms with Crippen LogP contribution in [0.4, 0.5) is 4.39 Å². The number of ether oxygens (including phenoxy) is 1. The Morgan fingerprint density at radius 1 is 1.26 bits per heavy atom. The van der Waals surface area contributed by atoms with Gasteiger partial charge in [0.15, 0.2) is 0 Å². The van der Waals surface area contributed by atoms with Gasteiger partial charge in [-0.3, -0.25) is 0 Å². The van der Waals surface area contributed by atoms with E-state index in [-0.39, 0.29) is 11.9 Å². The predicted octanol–water partition coefficient (Wildman–Crippen LogP) is 3.92. The Balaban J connectivity index is 2.23. The highest BCUT2D eigenvalue weighted by Crippen LogP contribution is 2.39. The van der Waals surface area contributed by atoms with Gasteiger partial charge in [-0.15, -0.1) is 0 Å². The van der Waals surface area contributed by atoms with Gasteiger partial charge in [-0.1, -0.05) is 19.8 Å². The first-order chi connectivity index (χ1) is 9.15. The molecule has 1 aromatic carbocycles. The van der Waals surface area contributed by atoms with E-state index in [4.69, 9.17) is 4.74 Å². The van der Waals surface area contributed by atoms with E-state index in [0.717, 1.165) is 17.2 Å². The standard InChI is InChI=1S/C16H24FNO/c1-11-4-6-12(7-5-11)16(18-2)14-10-13(17)8-9-15(14)19-3/h8-12,16,18H,4-7H2,1-3H3. The molecule has 1 aliphatic carbocycles. The first-order valence-electron chi connectivity index (χ1n) is 7.16. The topological polar surface area (TPSA) is 21.3 Å². The second kappa shape index (κ2) is 6.38. The number of rotatable bonds is 4. The third-order valence-corrected chi connectivity index (χ3v) is 4.37. The summed E-state index contributed by atoms with van der Waals surface area (Å²) in [6.45, 7) is 2.31. The first kappa shape index (κ1) is 14.3. The molecule has 0 aliphatic heterocycles. The highest BCUT2D eigenvalue weighted by atomic mass is 19.1. The molecule has 0 saturated heterocycles. The first-order valence-corrected chi connectivity index (χ1v) is 7.16. The van der Waals surface area contributed by atoms with Crippen molar-refractivity contribution in [2.45, 2.75) is 38.6 Å². The van der Waals surface area contributed by atoms with Crippen molar-refractivity contribution >= 4 is 0 Å². The van der Waals surface area contributed by atoms with Crippen LogP contribution in [0.15, 0.2) is 18.2 Å². The van der Waals surface area contributed by atoms with Crippen LogP contribution >= 0.6 is 0 Å². The number of nitrogens with one attached hydrogen (secondary N) is 1. The fourth-order valence-corrected chi connectivity index (χ4v) is 3.21. The van der Waals surface area contributed by atoms with E-state index < -0.39 is 0 Å². The Morgan fingerprint density at radius 2 is 1.95 bits per heavy atom. The van der Waals surface area contributed by atoms with E-state index in [2.05, 4.69) is 12.2 Å². The van der Waals surface area contributed by atoms with Gasteiger partial charge >= 0.3 is 0 Å². The van der Waals surface area contributed by atoms with Gasteiger partial charge in [0.2, 0.25) is 0 Å². The van der Waals surface area contributed by atoms with Gasteiger partial charge < -0.3 is 10.1 Å². The normalized spacial score (nSPS) is 25.1. The number of hydrogen-bond acceptors (Lipinski definition) is 2. The minimum atomic E-state index is -0.194. The maximum absolute atomic E-state index is 13.5. The summed E-state index contributed by atoms with van der Waals surface area (Å²) in [6, 6.07) is 4.97. The summed E-state index contributed by atoms with van der Waals surface area (Å²) >= 11 is 0. The summed E-state index contributed by atoms with van der Waals surface area (Å²) in [5.74, 6) is 1.97. The van der Waals surface area contributed by atoms with Crippen molar-refractivity contribution in [3.63, 3.8) is 0 Å². The maximum atomic E-state index is 13.5. The molecule has 1 saturated carbocycles. The van der Waals surface area contributed by atoms with Crippen LogP contribution in [-0.2, 0) is 0 Å². The SMILES string of the molecule is CNC(c1cc(F)ccc1OC)C1CCC(C)CC1. The number of methoxy groups -OCH3 is 1. The molecular formula is C16H24FNO. The summed E-state index contributed by atoms with van der Waals surface area (Å²) in [4.78, 5) is 0. The lowest BCUT2D eigenvalue weighted by atomic mass is 9.77. The summed E-state index contributed by atoms with van der Waals surface area (Å²) < 4.78 is 18.9. The molecule has 1 N–H and O–H groups in total. The molecular weight excluding hydrogens is 241 g/mol. The van der Waals surface area contributed by atoms with E-state index in [0.29, 0.717) is 5.92 Å². The van der Waals surface area contributed by atoms with E-state index >= 15 is 0 Å². The monoisotopic (exact) mass is 265 g/mol. The predicted molar refractivity (Wildman–Crippen MR) is 75.9 cm³/mol. The van der Waals surface area contributed by atoms with Crippen LogP contribution in [0.5, 0.6) is 5.75 Å². The fourth-order valence-electron chi connectivity index (χ4n) is 3.21. The van der Waals surface area contributed by atoms with Crippen molar-refractivity contribution in [3.8, 4) is 5.75 Å². The lowest BCUT2D eigenvalue weighted by Crippen LogP contribution is -2.28. The summed E-state index contributed by atoms with van der Waals surface area (Å²) in [5, 5.41) is 3.36. The van der Waals surface area contributed by atoms with Gasteiger partial charge in [-0.05, 0) is 49.9 Å². The molecule has 19 heavy (non-hydrogen) atoms. The van der Waals surface area contributed by atoms with Crippen molar-refractivity contribution in [1.82, 2.24) is 5.32 Å². The number of benzene rings is 1. The molecule has 0 heterocycles. The molecule has 0 bridgehead atoms. The Bertz CT molecular complexity index is 413. The Labute approximate surface area is 115 Å². The van der Waals surface area contributed by atoms with Crippen molar-refractivity contribution < 1.29 is 9.13 Å². The maximum Gasteiger partial charge on any atom is 0.123 e. The van der Waals surface area contributed by atoms with Crippen molar-refractivity contribution in [2.75, 3.05) is 14.2 Å². The molecule has 1 aromatic rings. The second-order valence-electron chi connectivity index (χ2n) is 5.67. The lowest BCUT2D eigenvalue weighted by Gasteiger charge is -2.33. The van der Waals surface area contributed by atoms with Crippen molar-refractivity contribution in [3.05, 3.63) is 29.6 Å². The van der Waals surface area contributed by atoms with Crippen molar-refractivity contribution in [1.29, 1.82) is 0 Å². The van der Waals surface area contributed by atoms with Crippen LogP contribution in [-0.4, -0.2) is 14.2 Å². The number of hydrogen-bond donors (Lipinski definition) is 1. The molecule has 2 rings (SSSR count). The van der Waals surface area contributed by atoms with Crippen LogP contribution < -0.4 is 10.1 Å². The van der Waals surface area contributed by atoms with Crippen LogP contribution in [0.2, 0.25) is 0 Å². The highest BCUT2D eigenvalue weighted by molar-refractivity contribution is 5.37. The van der Waals surface area contributed by atoms with E-state index in [9.17, 15) is 4.39 Å². The van der Waals surface area contributed by atoms with Gasteiger partial charge in [0, 0.05) is 11.6 Å². The fraction of sp³-hybridized carbons (Fsp3) is 0.625. The van der Waals surface area contributed by atoms with Gasteiger partial charge in [-0.2, -0.15) is 0 Å². The molecule has 2 nitrogen and oxygen atoms in total. The van der Waals surface area contributed by atoms with Crippen LogP contribution in [0, 0.1) is 17.7 Å². The van der Waals surface area contributed by atoms with Crippen LogP contribution in [0.25, 0.3) is 0 Å². The van der Waals surface area contributed by atoms with Gasteiger partial charge in [0.1, 0.15) is 11.6 Å². The summed E-state index contributed by atoms with van der Waals surface area (Å²) in [7, 11) is 3.60. The third kappa shape index (κ3) is 3.27. The molecule has 0 spiro atoms. The molecule has 0 amide bonds. The van der Waals surface area contributed by atoms with Crippen LogP contribution in [0.1, 0.15) is 44.2 Å². The molecule has 3 heteroatoms. The molecule has 1 aliphatic rings. The highest BCUT2D eigenvalue weighted by Gasteiger charge is 2.28. The Morgan fingerprint density at radius 3 is 2.53 bits per heavy atom. The Kier molecular flexibility index (Phi) is 4.81. The van der Waals surface area contributed by atoms with Gasteiger partial charge in [0.25, 0.3) is 0 Å². The smallest absolute Gasteiger partial charge is 0.123 e. The molecule has 1 unspecified atom stereocenters. The second-order valence-corrected chi connectivity index (χ2v) is 5.67. The van der Waals surface area contributed by atoms with E-state index in [1.807, 2.05) is 7.05 Å². The minimum Gasteiger partial charge on any atom is -0.496 e. The molecule has 0 radical (unpaired) electrons. The molecule has 106 valence electrons. The quantitative estimate of drug-likeness (QED) is 0.891. The Hall–Kier alpha value is -1.09. The lowest BCUT2D eigenvalue weighted by molar-refractivity contribution is 0.234. The van der Waals surface area contributed by atoms with Crippen LogP contribution in [0.3, 0.4) is 0 Å². The average molecular weight is 265 g/mol. The molecule has 1 atom stereocenters. The largest absolute Gasteiger partial charge is 0.496 e. The minimum absolute atomic E-state index is 0.179. The summed E-state index contributed by atoms with van der Waals surface area (Å²) in [5.41, 5.74) is 0.949. The molecule has 0 aromatic heterocycles. The van der Waals surface area contributed by atoms with Crippen molar-refractivity contribution in [2.24, 2.45) is 11.8 Å². The van der Waals surface area contributed by atoms with E-state index in [1.54, 1.807) is 19.2 Å². The zero-order chi connectivity index (χ0) is 13.8. The zero-order valence-corrected chi connectivity index (χ0v) is 12.1. The third-order valence-electron chi connectivity index (χ3n) is 4.37. The number of halogens is 1. The van der Waals surface area contributed by atoms with Gasteiger partial charge in [0.05, 0.1) is 7.11 Å².